The fraction of sp³-hybridized carbons (Fsp3) is 0.360. The minimum Gasteiger partial charge on any atom is -0.497 e. The molecule has 0 aliphatic carbocycles. The van der Waals surface area contributed by atoms with Crippen LogP contribution in [0.4, 0.5) is 0 Å². The number of carbonyl (C=O) groups excluding carboxylic acids is 1. The number of benzene rings is 2. The van der Waals surface area contributed by atoms with Crippen LogP contribution < -0.4 is 10.2 Å². The van der Waals surface area contributed by atoms with Crippen LogP contribution in [0.5, 0.6) is 5.75 Å². The number of methoxy groups -OCH3 is 1. The Balaban J connectivity index is 1.82. The highest BCUT2D eigenvalue weighted by molar-refractivity contribution is 6.31. The molecule has 7 heteroatoms. The van der Waals surface area contributed by atoms with E-state index in [0.29, 0.717) is 33.8 Å². The molecule has 0 fully saturated rings. The maximum atomic E-state index is 13.5. The molecule has 0 bridgehead atoms. The van der Waals surface area contributed by atoms with Crippen LogP contribution in [0.2, 0.25) is 5.02 Å². The van der Waals surface area contributed by atoms with E-state index in [0.717, 1.165) is 31.6 Å². The van der Waals surface area contributed by atoms with Gasteiger partial charge in [0.25, 0.3) is 5.91 Å². The van der Waals surface area contributed by atoms with Crippen molar-refractivity contribution in [3.8, 4) is 5.75 Å². The molecule has 6 nitrogen and oxygen atoms in total. The first-order valence-corrected chi connectivity index (χ1v) is 11.3. The second kappa shape index (κ2) is 9.35. The van der Waals surface area contributed by atoms with E-state index in [9.17, 15) is 9.59 Å². The molecule has 2 aromatic carbocycles. The van der Waals surface area contributed by atoms with Gasteiger partial charge in [-0.15, -0.1) is 0 Å². The number of nitrogens with zero attached hydrogens (tertiary/aromatic N) is 2. The molecular formula is C25H27ClN2O4. The van der Waals surface area contributed by atoms with Crippen LogP contribution >= 0.6 is 11.6 Å². The second-order valence-corrected chi connectivity index (χ2v) is 8.31. The molecule has 32 heavy (non-hydrogen) atoms. The summed E-state index contributed by atoms with van der Waals surface area (Å²) >= 11 is 6.14. The van der Waals surface area contributed by atoms with Crippen molar-refractivity contribution < 1.29 is 13.9 Å². The minimum atomic E-state index is -0.538. The molecule has 0 N–H and O–H groups in total. The topological polar surface area (TPSA) is 63.0 Å². The monoisotopic (exact) mass is 454 g/mol. The molecule has 1 amide bonds. The molecule has 0 radical (unpaired) electrons. The molecular weight excluding hydrogens is 428 g/mol. The molecule has 0 spiro atoms. The SMILES string of the molecule is CCN(CC)CCCN1C(=O)c2oc3ccc(Cl)cc3c(=O)c2[C@H]1c1cccc(OC)c1. The Morgan fingerprint density at radius 1 is 1.12 bits per heavy atom. The summed E-state index contributed by atoms with van der Waals surface area (Å²) in [4.78, 5) is 31.0. The van der Waals surface area contributed by atoms with Gasteiger partial charge in [0.05, 0.1) is 24.1 Å². The van der Waals surface area contributed by atoms with E-state index in [1.54, 1.807) is 30.2 Å². The van der Waals surface area contributed by atoms with Crippen LogP contribution in [-0.4, -0.2) is 49.0 Å². The Labute approximate surface area is 192 Å². The van der Waals surface area contributed by atoms with Crippen LogP contribution in [0.1, 0.15) is 48.0 Å². The van der Waals surface area contributed by atoms with Crippen molar-refractivity contribution in [2.24, 2.45) is 0 Å². The van der Waals surface area contributed by atoms with E-state index in [4.69, 9.17) is 20.8 Å². The molecule has 1 aromatic heterocycles. The number of carbonyl (C=O) groups is 1. The zero-order chi connectivity index (χ0) is 22.8. The van der Waals surface area contributed by atoms with Crippen LogP contribution in [0.25, 0.3) is 11.0 Å². The lowest BCUT2D eigenvalue weighted by atomic mass is 9.98. The number of hydrogen-bond donors (Lipinski definition) is 0. The molecule has 0 unspecified atom stereocenters. The lowest BCUT2D eigenvalue weighted by Crippen LogP contribution is -2.33. The maximum Gasteiger partial charge on any atom is 0.290 e. The third-order valence-corrected chi connectivity index (χ3v) is 6.34. The lowest BCUT2D eigenvalue weighted by molar-refractivity contribution is 0.0720. The van der Waals surface area contributed by atoms with E-state index in [1.807, 2.05) is 24.3 Å². The third-order valence-electron chi connectivity index (χ3n) is 6.11. The Hall–Kier alpha value is -2.83. The maximum absolute atomic E-state index is 13.5. The van der Waals surface area contributed by atoms with E-state index in [-0.39, 0.29) is 17.1 Å². The van der Waals surface area contributed by atoms with Crippen molar-refractivity contribution in [3.63, 3.8) is 0 Å². The molecule has 0 saturated heterocycles. The highest BCUT2D eigenvalue weighted by atomic mass is 35.5. The number of fused-ring (bicyclic) bond motifs is 2. The fourth-order valence-corrected chi connectivity index (χ4v) is 4.56. The minimum absolute atomic E-state index is 0.112. The molecule has 0 saturated carbocycles. The van der Waals surface area contributed by atoms with Crippen molar-refractivity contribution in [2.75, 3.05) is 33.3 Å². The number of hydrogen-bond acceptors (Lipinski definition) is 5. The van der Waals surface area contributed by atoms with E-state index >= 15 is 0 Å². The number of halogens is 1. The highest BCUT2D eigenvalue weighted by Crippen LogP contribution is 2.39. The predicted molar refractivity (Wildman–Crippen MR) is 126 cm³/mol. The van der Waals surface area contributed by atoms with Crippen LogP contribution in [0, 0.1) is 0 Å². The summed E-state index contributed by atoms with van der Waals surface area (Å²) in [5.41, 5.74) is 1.31. The summed E-state index contributed by atoms with van der Waals surface area (Å²) in [6.07, 6.45) is 0.793. The molecule has 1 aliphatic heterocycles. The fourth-order valence-electron chi connectivity index (χ4n) is 4.39. The van der Waals surface area contributed by atoms with Gasteiger partial charge in [-0.05, 0) is 62.0 Å². The summed E-state index contributed by atoms with van der Waals surface area (Å²) in [5.74, 6) is 0.515. The lowest BCUT2D eigenvalue weighted by Gasteiger charge is -2.27. The highest BCUT2D eigenvalue weighted by Gasteiger charge is 2.42. The molecule has 168 valence electrons. The Morgan fingerprint density at radius 2 is 1.91 bits per heavy atom. The van der Waals surface area contributed by atoms with Crippen LogP contribution in [0.3, 0.4) is 0 Å². The molecule has 4 rings (SSSR count). The van der Waals surface area contributed by atoms with Crippen LogP contribution in [-0.2, 0) is 0 Å². The smallest absolute Gasteiger partial charge is 0.290 e. The van der Waals surface area contributed by atoms with E-state index < -0.39 is 6.04 Å². The summed E-state index contributed by atoms with van der Waals surface area (Å²) in [7, 11) is 1.60. The average molecular weight is 455 g/mol. The largest absolute Gasteiger partial charge is 0.497 e. The van der Waals surface area contributed by atoms with Gasteiger partial charge in [0, 0.05) is 11.6 Å². The Morgan fingerprint density at radius 3 is 2.62 bits per heavy atom. The molecule has 1 aliphatic rings. The summed E-state index contributed by atoms with van der Waals surface area (Å²) < 4.78 is 11.4. The number of amides is 1. The van der Waals surface area contributed by atoms with Gasteiger partial charge >= 0.3 is 0 Å². The number of ether oxygens (including phenoxy) is 1. The summed E-state index contributed by atoms with van der Waals surface area (Å²) in [6, 6.07) is 11.8. The normalized spacial score (nSPS) is 15.6. The van der Waals surface area contributed by atoms with Crippen molar-refractivity contribution >= 4 is 28.5 Å². The molecule has 2 heterocycles. The molecule has 1 atom stereocenters. The van der Waals surface area contributed by atoms with Gasteiger partial charge in [-0.2, -0.15) is 0 Å². The van der Waals surface area contributed by atoms with Gasteiger partial charge in [0.1, 0.15) is 11.3 Å². The second-order valence-electron chi connectivity index (χ2n) is 7.87. The first kappa shape index (κ1) is 22.4. The Kier molecular flexibility index (Phi) is 6.53. The zero-order valence-electron chi connectivity index (χ0n) is 18.6. The van der Waals surface area contributed by atoms with Gasteiger partial charge in [-0.1, -0.05) is 37.6 Å². The Bertz CT molecular complexity index is 1200. The van der Waals surface area contributed by atoms with Gasteiger partial charge in [-0.3, -0.25) is 9.59 Å². The van der Waals surface area contributed by atoms with E-state index in [1.165, 1.54) is 0 Å². The first-order chi connectivity index (χ1) is 15.5. The van der Waals surface area contributed by atoms with Gasteiger partial charge in [-0.25, -0.2) is 0 Å². The van der Waals surface area contributed by atoms with Gasteiger partial charge < -0.3 is 19.0 Å². The first-order valence-electron chi connectivity index (χ1n) is 10.9. The van der Waals surface area contributed by atoms with Gasteiger partial charge in [0.15, 0.2) is 5.43 Å². The van der Waals surface area contributed by atoms with Crippen molar-refractivity contribution in [1.82, 2.24) is 9.80 Å². The average Bonchev–Trinajstić information content (AvgIpc) is 3.09. The molecule has 3 aromatic rings. The predicted octanol–water partition coefficient (Wildman–Crippen LogP) is 4.73. The summed E-state index contributed by atoms with van der Waals surface area (Å²) in [6.45, 7) is 7.54. The van der Waals surface area contributed by atoms with Crippen molar-refractivity contribution in [1.29, 1.82) is 0 Å². The quantitative estimate of drug-likeness (QED) is 0.492. The van der Waals surface area contributed by atoms with Crippen molar-refractivity contribution in [2.45, 2.75) is 26.3 Å². The zero-order valence-corrected chi connectivity index (χ0v) is 19.3. The standard InChI is InChI=1S/C25H27ClN2O4/c1-4-27(5-2)12-7-13-28-22(16-8-6-9-18(14-16)31-3)21-23(29)19-15-17(26)10-11-20(19)32-24(21)25(28)30/h6,8-11,14-15,22H,4-5,7,12-13H2,1-3H3/t22-/m1/s1. The summed E-state index contributed by atoms with van der Waals surface area (Å²) in [5, 5.41) is 0.824. The third kappa shape index (κ3) is 4.00. The van der Waals surface area contributed by atoms with Crippen molar-refractivity contribution in [3.05, 3.63) is 74.6 Å². The number of rotatable bonds is 8. The van der Waals surface area contributed by atoms with Crippen LogP contribution in [0.15, 0.2) is 51.7 Å². The van der Waals surface area contributed by atoms with Gasteiger partial charge in [0.2, 0.25) is 5.76 Å². The van der Waals surface area contributed by atoms with E-state index in [2.05, 4.69) is 18.7 Å².